The topological polar surface area (TPSA) is 78.5 Å². The Bertz CT molecular complexity index is 1050. The molecule has 1 fully saturated rings. The van der Waals surface area contributed by atoms with Crippen LogP contribution in [0, 0.1) is 0 Å². The molecule has 31 heavy (non-hydrogen) atoms. The number of nitrogens with one attached hydrogen (secondary N) is 1. The summed E-state index contributed by atoms with van der Waals surface area (Å²) in [6, 6.07) is 14.4. The van der Waals surface area contributed by atoms with Crippen LogP contribution in [0.3, 0.4) is 0 Å². The second-order valence-corrected chi connectivity index (χ2v) is 7.56. The number of aromatic amines is 1. The molecule has 0 saturated carbocycles. The summed E-state index contributed by atoms with van der Waals surface area (Å²) in [5, 5.41) is 6.78. The van der Waals surface area contributed by atoms with Gasteiger partial charge in [-0.1, -0.05) is 31.2 Å². The van der Waals surface area contributed by atoms with E-state index in [1.165, 1.54) is 0 Å². The predicted octanol–water partition coefficient (Wildman–Crippen LogP) is 4.44. The van der Waals surface area contributed by atoms with Gasteiger partial charge in [0.25, 0.3) is 0 Å². The molecule has 1 atom stereocenters. The summed E-state index contributed by atoms with van der Waals surface area (Å²) in [7, 11) is 1.60. The van der Waals surface area contributed by atoms with Crippen LogP contribution in [0.1, 0.15) is 31.4 Å². The van der Waals surface area contributed by atoms with E-state index in [2.05, 4.69) is 10.2 Å². The van der Waals surface area contributed by atoms with Gasteiger partial charge in [-0.25, -0.2) is 4.79 Å². The summed E-state index contributed by atoms with van der Waals surface area (Å²) in [4.78, 5) is 29.8. The van der Waals surface area contributed by atoms with Crippen molar-refractivity contribution in [2.75, 3.05) is 25.1 Å². The predicted molar refractivity (Wildman–Crippen MR) is 119 cm³/mol. The molecule has 0 aliphatic carbocycles. The van der Waals surface area contributed by atoms with Gasteiger partial charge in [-0.2, -0.15) is 5.10 Å². The number of anilines is 1. The van der Waals surface area contributed by atoms with Crippen LogP contribution in [-0.4, -0.2) is 47.1 Å². The van der Waals surface area contributed by atoms with Crippen LogP contribution in [0.4, 0.5) is 10.5 Å². The Morgan fingerprint density at radius 1 is 1.16 bits per heavy atom. The first-order valence-corrected chi connectivity index (χ1v) is 10.5. The fourth-order valence-electron chi connectivity index (χ4n) is 4.01. The van der Waals surface area contributed by atoms with Crippen LogP contribution in [-0.2, 0) is 4.79 Å². The summed E-state index contributed by atoms with van der Waals surface area (Å²) < 4.78 is 5.33. The van der Waals surface area contributed by atoms with Crippen molar-refractivity contribution in [1.82, 2.24) is 15.1 Å². The van der Waals surface area contributed by atoms with Crippen molar-refractivity contribution in [1.29, 1.82) is 0 Å². The highest BCUT2D eigenvalue weighted by Crippen LogP contribution is 2.32. The molecule has 1 N–H and O–H groups in total. The zero-order valence-corrected chi connectivity index (χ0v) is 17.7. The summed E-state index contributed by atoms with van der Waals surface area (Å²) in [5.41, 5.74) is 3.60. The van der Waals surface area contributed by atoms with Crippen molar-refractivity contribution >= 4 is 17.5 Å². The molecule has 0 radical (unpaired) electrons. The van der Waals surface area contributed by atoms with Gasteiger partial charge in [-0.3, -0.25) is 14.8 Å². The SMILES string of the molecule is CCCC(=O)C(c1cccc(OC)c1)N1CCN(c2ccc(-c3cn[nH]c3)cc2)C1=O. The standard InChI is InChI=1S/C24H26N4O3/c1-3-5-22(29)23(18-6-4-7-21(14-18)31-2)28-13-12-27(24(28)30)20-10-8-17(9-11-20)19-15-25-26-16-19/h4,6-11,14-16,23H,3,5,12-13H2,1-2H3,(H,25,26). The van der Waals surface area contributed by atoms with Crippen LogP contribution in [0.5, 0.6) is 5.75 Å². The second kappa shape index (κ2) is 9.04. The highest BCUT2D eigenvalue weighted by molar-refractivity contribution is 5.98. The van der Waals surface area contributed by atoms with Crippen molar-refractivity contribution in [2.24, 2.45) is 0 Å². The Morgan fingerprint density at radius 3 is 2.65 bits per heavy atom. The Labute approximate surface area is 181 Å². The highest BCUT2D eigenvalue weighted by atomic mass is 16.5. The maximum absolute atomic E-state index is 13.4. The Morgan fingerprint density at radius 2 is 1.97 bits per heavy atom. The minimum Gasteiger partial charge on any atom is -0.497 e. The number of carbonyl (C=O) groups excluding carboxylic acids is 2. The molecular formula is C24H26N4O3. The zero-order chi connectivity index (χ0) is 21.8. The molecule has 0 spiro atoms. The average Bonchev–Trinajstić information content (AvgIpc) is 3.45. The largest absolute Gasteiger partial charge is 0.497 e. The van der Waals surface area contributed by atoms with Gasteiger partial charge in [0.15, 0.2) is 5.78 Å². The minimum absolute atomic E-state index is 0.0428. The quantitative estimate of drug-likeness (QED) is 0.587. The van der Waals surface area contributed by atoms with Gasteiger partial charge in [0.05, 0.1) is 13.3 Å². The van der Waals surface area contributed by atoms with Gasteiger partial charge in [-0.05, 0) is 41.8 Å². The van der Waals surface area contributed by atoms with E-state index >= 15 is 0 Å². The van der Waals surface area contributed by atoms with Crippen molar-refractivity contribution in [3.8, 4) is 16.9 Å². The first-order valence-electron chi connectivity index (χ1n) is 10.5. The Balaban J connectivity index is 1.59. The molecule has 1 aliphatic rings. The molecule has 1 aliphatic heterocycles. The van der Waals surface area contributed by atoms with Gasteiger partial charge < -0.3 is 9.64 Å². The monoisotopic (exact) mass is 418 g/mol. The summed E-state index contributed by atoms with van der Waals surface area (Å²) in [6.07, 6.45) is 4.75. The number of ether oxygens (including phenoxy) is 1. The number of carbonyl (C=O) groups is 2. The Kier molecular flexibility index (Phi) is 6.02. The number of ketones is 1. The third kappa shape index (κ3) is 4.17. The fourth-order valence-corrected chi connectivity index (χ4v) is 4.01. The van der Waals surface area contributed by atoms with E-state index in [0.717, 1.165) is 28.8 Å². The third-order valence-electron chi connectivity index (χ3n) is 5.57. The Hall–Kier alpha value is -3.61. The molecule has 0 bridgehead atoms. The molecule has 2 heterocycles. The molecule has 2 amide bonds. The van der Waals surface area contributed by atoms with E-state index in [-0.39, 0.29) is 11.8 Å². The molecule has 1 aromatic heterocycles. The first kappa shape index (κ1) is 20.7. The fraction of sp³-hybridized carbons (Fsp3) is 0.292. The lowest BCUT2D eigenvalue weighted by atomic mass is 9.98. The average molecular weight is 418 g/mol. The number of amides is 2. The molecule has 4 rings (SSSR count). The lowest BCUT2D eigenvalue weighted by molar-refractivity contribution is -0.123. The summed E-state index contributed by atoms with van der Waals surface area (Å²) in [6.45, 7) is 2.99. The van der Waals surface area contributed by atoms with Gasteiger partial charge in [0.1, 0.15) is 11.8 Å². The maximum Gasteiger partial charge on any atom is 0.325 e. The number of rotatable bonds is 8. The zero-order valence-electron chi connectivity index (χ0n) is 17.7. The van der Waals surface area contributed by atoms with Crippen LogP contribution in [0.25, 0.3) is 11.1 Å². The van der Waals surface area contributed by atoms with Gasteiger partial charge in [0.2, 0.25) is 0 Å². The third-order valence-corrected chi connectivity index (χ3v) is 5.57. The summed E-state index contributed by atoms with van der Waals surface area (Å²) in [5.74, 6) is 0.714. The molecule has 2 aromatic carbocycles. The van der Waals surface area contributed by atoms with Gasteiger partial charge in [0, 0.05) is 37.0 Å². The van der Waals surface area contributed by atoms with Crippen LogP contribution >= 0.6 is 0 Å². The van der Waals surface area contributed by atoms with E-state index in [4.69, 9.17) is 4.74 Å². The van der Waals surface area contributed by atoms with E-state index in [9.17, 15) is 9.59 Å². The first-order chi connectivity index (χ1) is 15.1. The molecule has 7 heteroatoms. The number of hydrogen-bond acceptors (Lipinski definition) is 4. The van der Waals surface area contributed by atoms with Gasteiger partial charge >= 0.3 is 6.03 Å². The number of benzene rings is 2. The molecule has 1 saturated heterocycles. The number of Topliss-reactive ketones (excluding diaryl/α,β-unsaturated/α-hetero) is 1. The number of urea groups is 1. The normalized spacial score (nSPS) is 14.7. The highest BCUT2D eigenvalue weighted by Gasteiger charge is 2.38. The molecule has 7 nitrogen and oxygen atoms in total. The molecule has 3 aromatic rings. The van der Waals surface area contributed by atoms with E-state index < -0.39 is 6.04 Å². The van der Waals surface area contributed by atoms with Crippen LogP contribution < -0.4 is 9.64 Å². The van der Waals surface area contributed by atoms with E-state index in [1.807, 2.05) is 61.7 Å². The van der Waals surface area contributed by atoms with Crippen LogP contribution in [0.2, 0.25) is 0 Å². The van der Waals surface area contributed by atoms with Crippen molar-refractivity contribution in [2.45, 2.75) is 25.8 Å². The number of methoxy groups -OCH3 is 1. The lowest BCUT2D eigenvalue weighted by Crippen LogP contribution is -2.38. The van der Waals surface area contributed by atoms with Crippen molar-refractivity contribution < 1.29 is 14.3 Å². The number of hydrogen-bond donors (Lipinski definition) is 1. The number of nitrogens with zero attached hydrogens (tertiary/aromatic N) is 3. The second-order valence-electron chi connectivity index (χ2n) is 7.56. The van der Waals surface area contributed by atoms with E-state index in [0.29, 0.717) is 25.3 Å². The molecule has 1 unspecified atom stereocenters. The summed E-state index contributed by atoms with van der Waals surface area (Å²) >= 11 is 0. The minimum atomic E-state index is -0.613. The molecular weight excluding hydrogens is 392 g/mol. The van der Waals surface area contributed by atoms with E-state index in [1.54, 1.807) is 23.1 Å². The maximum atomic E-state index is 13.4. The van der Waals surface area contributed by atoms with Crippen LogP contribution in [0.15, 0.2) is 60.9 Å². The molecule has 160 valence electrons. The van der Waals surface area contributed by atoms with Gasteiger partial charge in [-0.15, -0.1) is 0 Å². The number of H-pyrrole nitrogens is 1. The van der Waals surface area contributed by atoms with Crippen molar-refractivity contribution in [3.63, 3.8) is 0 Å². The lowest BCUT2D eigenvalue weighted by Gasteiger charge is -2.27. The number of aromatic nitrogens is 2. The smallest absolute Gasteiger partial charge is 0.325 e. The van der Waals surface area contributed by atoms with Crippen molar-refractivity contribution in [3.05, 3.63) is 66.5 Å².